The summed E-state index contributed by atoms with van der Waals surface area (Å²) in [7, 11) is 0. The largest absolute Gasteiger partial charge is 0.340 e. The number of carbonyl (C=O) groups excluding carboxylic acids is 1. The lowest BCUT2D eigenvalue weighted by molar-refractivity contribution is -0.135. The second-order valence-corrected chi connectivity index (χ2v) is 5.76. The molecule has 1 atom stereocenters. The minimum Gasteiger partial charge on any atom is -0.340 e. The third-order valence-electron chi connectivity index (χ3n) is 4.26. The molecular weight excluding hydrogens is 214 g/mol. The molecule has 96 valence electrons. The van der Waals surface area contributed by atoms with Crippen LogP contribution in [0.4, 0.5) is 0 Å². The molecular formula is C13H23N3O. The van der Waals surface area contributed by atoms with Gasteiger partial charge in [0.1, 0.15) is 0 Å². The van der Waals surface area contributed by atoms with Gasteiger partial charge in [0.05, 0.1) is 5.92 Å². The number of hydrogen-bond donors (Lipinski definition) is 1. The molecule has 1 amide bonds. The van der Waals surface area contributed by atoms with E-state index in [1.165, 1.54) is 19.4 Å². The highest BCUT2D eigenvalue weighted by Crippen LogP contribution is 2.31. The average Bonchev–Trinajstić information content (AvgIpc) is 3.06. The molecule has 3 rings (SSSR count). The van der Waals surface area contributed by atoms with E-state index in [1.54, 1.807) is 0 Å². The molecule has 2 heterocycles. The Labute approximate surface area is 103 Å². The van der Waals surface area contributed by atoms with Crippen LogP contribution in [0, 0.1) is 11.8 Å². The third-order valence-corrected chi connectivity index (χ3v) is 4.26. The number of hydrogen-bond acceptors (Lipinski definition) is 3. The molecule has 0 aromatic carbocycles. The molecule has 0 bridgehead atoms. The zero-order valence-electron chi connectivity index (χ0n) is 10.5. The maximum absolute atomic E-state index is 12.3. The van der Waals surface area contributed by atoms with Crippen LogP contribution in [0.3, 0.4) is 0 Å². The van der Waals surface area contributed by atoms with E-state index in [4.69, 9.17) is 0 Å². The van der Waals surface area contributed by atoms with Gasteiger partial charge < -0.3 is 15.1 Å². The van der Waals surface area contributed by atoms with Crippen LogP contribution < -0.4 is 5.32 Å². The Morgan fingerprint density at radius 2 is 1.88 bits per heavy atom. The molecule has 0 aromatic rings. The summed E-state index contributed by atoms with van der Waals surface area (Å²) in [6, 6.07) is 0. The van der Waals surface area contributed by atoms with Gasteiger partial charge in [0.15, 0.2) is 0 Å². The van der Waals surface area contributed by atoms with Crippen molar-refractivity contribution < 1.29 is 4.79 Å². The Kier molecular flexibility index (Phi) is 3.34. The Balaban J connectivity index is 1.48. The third kappa shape index (κ3) is 2.80. The lowest BCUT2D eigenvalue weighted by atomic mass is 10.1. The number of likely N-dealkylation sites (tertiary alicyclic amines) is 1. The fourth-order valence-corrected chi connectivity index (χ4v) is 3.01. The van der Waals surface area contributed by atoms with Gasteiger partial charge in [-0.15, -0.1) is 0 Å². The lowest BCUT2D eigenvalue weighted by Gasteiger charge is -2.29. The molecule has 1 aliphatic carbocycles. The van der Waals surface area contributed by atoms with E-state index < -0.39 is 0 Å². The second kappa shape index (κ2) is 4.94. The number of rotatable bonds is 3. The Morgan fingerprint density at radius 1 is 1.12 bits per heavy atom. The first-order valence-electron chi connectivity index (χ1n) is 7.05. The maximum atomic E-state index is 12.3. The molecule has 2 aliphatic heterocycles. The van der Waals surface area contributed by atoms with E-state index in [2.05, 4.69) is 15.1 Å². The highest BCUT2D eigenvalue weighted by molar-refractivity contribution is 5.79. The van der Waals surface area contributed by atoms with Gasteiger partial charge in [0, 0.05) is 39.3 Å². The Hall–Kier alpha value is -0.610. The van der Waals surface area contributed by atoms with Gasteiger partial charge in [-0.2, -0.15) is 0 Å². The van der Waals surface area contributed by atoms with Crippen LogP contribution >= 0.6 is 0 Å². The van der Waals surface area contributed by atoms with E-state index in [0.717, 1.165) is 51.6 Å². The fourth-order valence-electron chi connectivity index (χ4n) is 3.01. The standard InChI is InChI=1S/C13H23N3O/c17-13(16-7-4-14-5-8-16)12-3-6-15(10-12)9-11-1-2-11/h11-12,14H,1-10H2. The summed E-state index contributed by atoms with van der Waals surface area (Å²) in [6.07, 6.45) is 3.90. The zero-order chi connectivity index (χ0) is 11.7. The topological polar surface area (TPSA) is 35.6 Å². The van der Waals surface area contributed by atoms with Gasteiger partial charge in [-0.3, -0.25) is 4.79 Å². The first-order chi connectivity index (χ1) is 8.33. The maximum Gasteiger partial charge on any atom is 0.227 e. The molecule has 3 fully saturated rings. The first-order valence-corrected chi connectivity index (χ1v) is 7.05. The summed E-state index contributed by atoms with van der Waals surface area (Å²) in [5.41, 5.74) is 0. The lowest BCUT2D eigenvalue weighted by Crippen LogP contribution is -2.48. The van der Waals surface area contributed by atoms with Crippen molar-refractivity contribution in [3.05, 3.63) is 0 Å². The van der Waals surface area contributed by atoms with Crippen molar-refractivity contribution in [1.82, 2.24) is 15.1 Å². The van der Waals surface area contributed by atoms with Crippen LogP contribution in [-0.2, 0) is 4.79 Å². The van der Waals surface area contributed by atoms with Crippen molar-refractivity contribution in [2.45, 2.75) is 19.3 Å². The summed E-state index contributed by atoms with van der Waals surface area (Å²) >= 11 is 0. The van der Waals surface area contributed by atoms with E-state index in [1.807, 2.05) is 0 Å². The first kappa shape index (κ1) is 11.5. The van der Waals surface area contributed by atoms with Crippen molar-refractivity contribution in [2.24, 2.45) is 11.8 Å². The van der Waals surface area contributed by atoms with E-state index in [-0.39, 0.29) is 5.92 Å². The van der Waals surface area contributed by atoms with Gasteiger partial charge in [-0.25, -0.2) is 0 Å². The fraction of sp³-hybridized carbons (Fsp3) is 0.923. The summed E-state index contributed by atoms with van der Waals surface area (Å²) in [4.78, 5) is 16.9. The molecule has 4 heteroatoms. The van der Waals surface area contributed by atoms with Gasteiger partial charge >= 0.3 is 0 Å². The number of nitrogens with zero attached hydrogens (tertiary/aromatic N) is 2. The smallest absolute Gasteiger partial charge is 0.227 e. The van der Waals surface area contributed by atoms with Crippen LogP contribution in [-0.4, -0.2) is 61.5 Å². The predicted octanol–water partition coefficient (Wildman–Crippen LogP) is 0.150. The van der Waals surface area contributed by atoms with Gasteiger partial charge in [-0.1, -0.05) is 0 Å². The van der Waals surface area contributed by atoms with Gasteiger partial charge in [0.2, 0.25) is 5.91 Å². The molecule has 0 aromatic heterocycles. The van der Waals surface area contributed by atoms with Crippen molar-refractivity contribution in [1.29, 1.82) is 0 Å². The summed E-state index contributed by atoms with van der Waals surface area (Å²) in [5, 5.41) is 3.30. The minimum absolute atomic E-state index is 0.284. The molecule has 1 unspecified atom stereocenters. The van der Waals surface area contributed by atoms with Crippen molar-refractivity contribution in [2.75, 3.05) is 45.8 Å². The van der Waals surface area contributed by atoms with Crippen molar-refractivity contribution in [3.63, 3.8) is 0 Å². The average molecular weight is 237 g/mol. The predicted molar refractivity (Wildman–Crippen MR) is 66.7 cm³/mol. The second-order valence-electron chi connectivity index (χ2n) is 5.76. The highest BCUT2D eigenvalue weighted by Gasteiger charge is 2.34. The van der Waals surface area contributed by atoms with Crippen LogP contribution in [0.15, 0.2) is 0 Å². The normalized spacial score (nSPS) is 30.8. The summed E-state index contributed by atoms with van der Waals surface area (Å²) in [5.74, 6) is 1.64. The Morgan fingerprint density at radius 3 is 2.59 bits per heavy atom. The highest BCUT2D eigenvalue weighted by atomic mass is 16.2. The minimum atomic E-state index is 0.284. The molecule has 2 saturated heterocycles. The molecule has 0 radical (unpaired) electrons. The summed E-state index contributed by atoms with van der Waals surface area (Å²) in [6.45, 7) is 7.12. The SMILES string of the molecule is O=C(C1CCN(CC2CC2)C1)N1CCNCC1. The van der Waals surface area contributed by atoms with Gasteiger partial charge in [-0.05, 0) is 31.7 Å². The van der Waals surface area contributed by atoms with Crippen LogP contribution in [0.25, 0.3) is 0 Å². The van der Waals surface area contributed by atoms with E-state index in [9.17, 15) is 4.79 Å². The van der Waals surface area contributed by atoms with Crippen LogP contribution in [0.5, 0.6) is 0 Å². The van der Waals surface area contributed by atoms with Crippen LogP contribution in [0.1, 0.15) is 19.3 Å². The van der Waals surface area contributed by atoms with Crippen molar-refractivity contribution in [3.8, 4) is 0 Å². The van der Waals surface area contributed by atoms with E-state index in [0.29, 0.717) is 5.91 Å². The summed E-state index contributed by atoms with van der Waals surface area (Å²) < 4.78 is 0. The molecule has 1 saturated carbocycles. The monoisotopic (exact) mass is 237 g/mol. The molecule has 0 spiro atoms. The number of amides is 1. The van der Waals surface area contributed by atoms with Crippen LogP contribution in [0.2, 0.25) is 0 Å². The molecule has 17 heavy (non-hydrogen) atoms. The van der Waals surface area contributed by atoms with E-state index >= 15 is 0 Å². The molecule has 1 N–H and O–H groups in total. The zero-order valence-corrected chi connectivity index (χ0v) is 10.5. The molecule has 4 nitrogen and oxygen atoms in total. The Bertz CT molecular complexity index is 284. The van der Waals surface area contributed by atoms with Gasteiger partial charge in [0.25, 0.3) is 0 Å². The molecule has 3 aliphatic rings. The quantitative estimate of drug-likeness (QED) is 0.759. The number of carbonyl (C=O) groups is 1. The van der Waals surface area contributed by atoms with Crippen molar-refractivity contribution >= 4 is 5.91 Å². The number of piperazine rings is 1. The number of nitrogens with one attached hydrogen (secondary N) is 1.